The van der Waals surface area contributed by atoms with Gasteiger partial charge in [-0.3, -0.25) is 4.79 Å². The van der Waals surface area contributed by atoms with E-state index in [9.17, 15) is 4.79 Å². The van der Waals surface area contributed by atoms with Crippen molar-refractivity contribution in [1.29, 1.82) is 0 Å². The van der Waals surface area contributed by atoms with Gasteiger partial charge in [0.2, 0.25) is 0 Å². The van der Waals surface area contributed by atoms with Gasteiger partial charge in [0.1, 0.15) is 5.75 Å². The van der Waals surface area contributed by atoms with Crippen LogP contribution in [0.3, 0.4) is 0 Å². The molecule has 0 heterocycles. The first kappa shape index (κ1) is 16.6. The number of aryl methyl sites for hydroxylation is 1. The Morgan fingerprint density at radius 3 is 2.55 bits per heavy atom. The largest absolute Gasteiger partial charge is 0.481 e. The van der Waals surface area contributed by atoms with Crippen molar-refractivity contribution in [3.8, 4) is 5.75 Å². The fourth-order valence-electron chi connectivity index (χ4n) is 2.13. The predicted octanol–water partition coefficient (Wildman–Crippen LogP) is 3.88. The molecule has 0 aliphatic carbocycles. The van der Waals surface area contributed by atoms with Crippen LogP contribution in [0.2, 0.25) is 0 Å². The molecule has 0 aliphatic heterocycles. The van der Waals surface area contributed by atoms with Crippen molar-refractivity contribution in [1.82, 2.24) is 5.32 Å². The first-order valence-corrected chi connectivity index (χ1v) is 8.10. The number of hydrogen-bond donors (Lipinski definition) is 1. The number of halogens is 1. The van der Waals surface area contributed by atoms with Crippen LogP contribution in [0, 0.1) is 6.92 Å². The molecule has 0 spiro atoms. The minimum atomic E-state index is -0.516. The molecule has 0 aromatic heterocycles. The Hall–Kier alpha value is -1.81. The van der Waals surface area contributed by atoms with E-state index in [2.05, 4.69) is 40.3 Å². The van der Waals surface area contributed by atoms with E-state index < -0.39 is 6.10 Å². The fraction of sp³-hybridized carbons (Fsp3) is 0.278. The highest BCUT2D eigenvalue weighted by Gasteiger charge is 2.14. The molecule has 0 bridgehead atoms. The lowest BCUT2D eigenvalue weighted by Gasteiger charge is -2.15. The van der Waals surface area contributed by atoms with Gasteiger partial charge in [0.15, 0.2) is 6.10 Å². The summed E-state index contributed by atoms with van der Waals surface area (Å²) >= 11 is 3.37. The molecular weight excluding hydrogens is 342 g/mol. The standard InChI is InChI=1S/C18H20BrNO2/c1-13-5-3-4-6-15(13)11-12-20-18(21)14(2)22-17-9-7-16(19)8-10-17/h3-10,14H,11-12H2,1-2H3,(H,20,21). The molecule has 3 nitrogen and oxygen atoms in total. The zero-order valence-electron chi connectivity index (χ0n) is 12.8. The molecule has 1 atom stereocenters. The SMILES string of the molecule is Cc1ccccc1CCNC(=O)C(C)Oc1ccc(Br)cc1. The summed E-state index contributed by atoms with van der Waals surface area (Å²) in [5.41, 5.74) is 2.50. The fourth-order valence-corrected chi connectivity index (χ4v) is 2.39. The molecule has 0 saturated carbocycles. The first-order valence-electron chi connectivity index (χ1n) is 7.30. The third-order valence-electron chi connectivity index (χ3n) is 3.45. The van der Waals surface area contributed by atoms with Gasteiger partial charge >= 0.3 is 0 Å². The Balaban J connectivity index is 1.79. The Morgan fingerprint density at radius 1 is 1.18 bits per heavy atom. The monoisotopic (exact) mass is 361 g/mol. The number of carbonyl (C=O) groups excluding carboxylic acids is 1. The summed E-state index contributed by atoms with van der Waals surface area (Å²) in [5, 5.41) is 2.92. The van der Waals surface area contributed by atoms with Crippen molar-refractivity contribution in [2.24, 2.45) is 0 Å². The van der Waals surface area contributed by atoms with Crippen molar-refractivity contribution in [3.63, 3.8) is 0 Å². The van der Waals surface area contributed by atoms with E-state index in [-0.39, 0.29) is 5.91 Å². The topological polar surface area (TPSA) is 38.3 Å². The number of ether oxygens (including phenoxy) is 1. The number of carbonyl (C=O) groups is 1. The highest BCUT2D eigenvalue weighted by atomic mass is 79.9. The van der Waals surface area contributed by atoms with Gasteiger partial charge in [0, 0.05) is 11.0 Å². The van der Waals surface area contributed by atoms with Crippen molar-refractivity contribution < 1.29 is 9.53 Å². The van der Waals surface area contributed by atoms with Crippen LogP contribution < -0.4 is 10.1 Å². The van der Waals surface area contributed by atoms with E-state index in [4.69, 9.17) is 4.74 Å². The number of nitrogens with one attached hydrogen (secondary N) is 1. The molecule has 2 aromatic carbocycles. The highest BCUT2D eigenvalue weighted by Crippen LogP contribution is 2.17. The average Bonchev–Trinajstić information content (AvgIpc) is 2.51. The van der Waals surface area contributed by atoms with Crippen molar-refractivity contribution in [2.75, 3.05) is 6.54 Å². The van der Waals surface area contributed by atoms with Crippen LogP contribution in [0.1, 0.15) is 18.1 Å². The Bertz CT molecular complexity index is 625. The predicted molar refractivity (Wildman–Crippen MR) is 92.1 cm³/mol. The van der Waals surface area contributed by atoms with Gasteiger partial charge in [0.25, 0.3) is 5.91 Å². The molecule has 4 heteroatoms. The summed E-state index contributed by atoms with van der Waals surface area (Å²) in [5.74, 6) is 0.584. The van der Waals surface area contributed by atoms with E-state index in [1.54, 1.807) is 6.92 Å². The van der Waals surface area contributed by atoms with Crippen LogP contribution in [-0.4, -0.2) is 18.6 Å². The zero-order chi connectivity index (χ0) is 15.9. The van der Waals surface area contributed by atoms with E-state index in [1.165, 1.54) is 11.1 Å². The molecular formula is C18H20BrNO2. The minimum absolute atomic E-state index is 0.100. The number of benzene rings is 2. The normalized spacial score (nSPS) is 11.8. The van der Waals surface area contributed by atoms with Gasteiger partial charge < -0.3 is 10.1 Å². The summed E-state index contributed by atoms with van der Waals surface area (Å²) in [6, 6.07) is 15.6. The zero-order valence-corrected chi connectivity index (χ0v) is 14.4. The molecule has 0 aliphatic rings. The summed E-state index contributed by atoms with van der Waals surface area (Å²) in [6.07, 6.45) is 0.307. The number of rotatable bonds is 6. The molecule has 2 aromatic rings. The lowest BCUT2D eigenvalue weighted by atomic mass is 10.1. The Labute approximate surface area is 139 Å². The van der Waals surface area contributed by atoms with Crippen LogP contribution in [0.25, 0.3) is 0 Å². The summed E-state index contributed by atoms with van der Waals surface area (Å²) in [7, 11) is 0. The van der Waals surface area contributed by atoms with Gasteiger partial charge in [0.05, 0.1) is 0 Å². The molecule has 0 saturated heterocycles. The van der Waals surface area contributed by atoms with Crippen molar-refractivity contribution in [2.45, 2.75) is 26.4 Å². The van der Waals surface area contributed by atoms with Crippen molar-refractivity contribution >= 4 is 21.8 Å². The van der Waals surface area contributed by atoms with Gasteiger partial charge in [-0.1, -0.05) is 40.2 Å². The second-order valence-electron chi connectivity index (χ2n) is 5.18. The second kappa shape index (κ2) is 7.99. The van der Waals surface area contributed by atoms with Crippen LogP contribution in [-0.2, 0) is 11.2 Å². The molecule has 22 heavy (non-hydrogen) atoms. The van der Waals surface area contributed by atoms with E-state index >= 15 is 0 Å². The quantitative estimate of drug-likeness (QED) is 0.847. The molecule has 116 valence electrons. The third-order valence-corrected chi connectivity index (χ3v) is 3.98. The first-order chi connectivity index (χ1) is 10.6. The second-order valence-corrected chi connectivity index (χ2v) is 6.10. The van der Waals surface area contributed by atoms with Crippen LogP contribution in [0.5, 0.6) is 5.75 Å². The van der Waals surface area contributed by atoms with E-state index in [0.29, 0.717) is 12.3 Å². The van der Waals surface area contributed by atoms with Crippen LogP contribution in [0.4, 0.5) is 0 Å². The third kappa shape index (κ3) is 4.88. The lowest BCUT2D eigenvalue weighted by Crippen LogP contribution is -2.37. The van der Waals surface area contributed by atoms with Gasteiger partial charge in [-0.25, -0.2) is 0 Å². The number of hydrogen-bond acceptors (Lipinski definition) is 2. The van der Waals surface area contributed by atoms with Crippen molar-refractivity contribution in [3.05, 3.63) is 64.1 Å². The smallest absolute Gasteiger partial charge is 0.260 e. The van der Waals surface area contributed by atoms with Gasteiger partial charge in [-0.15, -0.1) is 0 Å². The lowest BCUT2D eigenvalue weighted by molar-refractivity contribution is -0.127. The molecule has 0 fully saturated rings. The summed E-state index contributed by atoms with van der Waals surface area (Å²) in [4.78, 5) is 12.0. The van der Waals surface area contributed by atoms with Gasteiger partial charge in [-0.05, 0) is 55.7 Å². The molecule has 1 unspecified atom stereocenters. The summed E-state index contributed by atoms with van der Waals surface area (Å²) < 4.78 is 6.61. The maximum atomic E-state index is 12.0. The van der Waals surface area contributed by atoms with Crippen LogP contribution >= 0.6 is 15.9 Å². The Morgan fingerprint density at radius 2 is 1.86 bits per heavy atom. The van der Waals surface area contributed by atoms with E-state index in [1.807, 2.05) is 36.4 Å². The van der Waals surface area contributed by atoms with Crippen LogP contribution in [0.15, 0.2) is 53.0 Å². The van der Waals surface area contributed by atoms with E-state index in [0.717, 1.165) is 10.9 Å². The minimum Gasteiger partial charge on any atom is -0.481 e. The molecule has 2 rings (SSSR count). The number of amides is 1. The maximum absolute atomic E-state index is 12.0. The van der Waals surface area contributed by atoms with Gasteiger partial charge in [-0.2, -0.15) is 0 Å². The molecule has 1 amide bonds. The average molecular weight is 362 g/mol. The maximum Gasteiger partial charge on any atom is 0.260 e. The highest BCUT2D eigenvalue weighted by molar-refractivity contribution is 9.10. The molecule has 0 radical (unpaired) electrons. The Kier molecular flexibility index (Phi) is 6.01. The molecule has 1 N–H and O–H groups in total. The summed E-state index contributed by atoms with van der Waals surface area (Å²) in [6.45, 7) is 4.44.